The Balaban J connectivity index is 2.16. The number of benzene rings is 1. The molecule has 0 fully saturated rings. The first-order chi connectivity index (χ1) is 9.08. The second kappa shape index (κ2) is 8.26. The van der Waals surface area contributed by atoms with Crippen molar-refractivity contribution >= 4 is 11.8 Å². The minimum Gasteiger partial charge on any atom is -0.369 e. The molecule has 0 aliphatic carbocycles. The first-order valence-corrected chi connectivity index (χ1v) is 6.27. The Labute approximate surface area is 113 Å². The molecule has 0 saturated carbocycles. The van der Waals surface area contributed by atoms with E-state index < -0.39 is 0 Å². The summed E-state index contributed by atoms with van der Waals surface area (Å²) >= 11 is 0. The van der Waals surface area contributed by atoms with Gasteiger partial charge >= 0.3 is 0 Å². The monoisotopic (exact) mass is 264 g/mol. The van der Waals surface area contributed by atoms with Crippen LogP contribution in [-0.2, 0) is 20.9 Å². The third-order valence-electron chi connectivity index (χ3n) is 2.33. The summed E-state index contributed by atoms with van der Waals surface area (Å²) in [6.45, 7) is 4.09. The summed E-state index contributed by atoms with van der Waals surface area (Å²) in [6.07, 6.45) is -0.00217. The van der Waals surface area contributed by atoms with Crippen LogP contribution in [0.2, 0.25) is 0 Å². The van der Waals surface area contributed by atoms with Crippen molar-refractivity contribution in [3.8, 4) is 0 Å². The first-order valence-electron chi connectivity index (χ1n) is 6.27. The number of rotatable bonds is 7. The number of carbonyl (C=O) groups excluding carboxylic acids is 2. The van der Waals surface area contributed by atoms with Crippen LogP contribution in [0.1, 0.15) is 19.4 Å². The molecule has 19 heavy (non-hydrogen) atoms. The molecule has 1 aromatic rings. The zero-order valence-corrected chi connectivity index (χ0v) is 11.3. The largest absolute Gasteiger partial charge is 0.369 e. The van der Waals surface area contributed by atoms with Crippen LogP contribution in [-0.4, -0.2) is 31.1 Å². The van der Waals surface area contributed by atoms with E-state index >= 15 is 0 Å². The maximum atomic E-state index is 11.5. The summed E-state index contributed by atoms with van der Waals surface area (Å²) in [5.41, 5.74) is 1.02. The Morgan fingerprint density at radius 1 is 1.11 bits per heavy atom. The molecule has 2 N–H and O–H groups in total. The fourth-order valence-electron chi connectivity index (χ4n) is 1.33. The maximum Gasteiger partial charge on any atom is 0.246 e. The summed E-state index contributed by atoms with van der Waals surface area (Å²) in [6, 6.07) is 9.59. The normalized spacial score (nSPS) is 10.3. The van der Waals surface area contributed by atoms with Gasteiger partial charge in [0, 0.05) is 6.54 Å². The molecule has 1 aromatic carbocycles. The van der Waals surface area contributed by atoms with E-state index in [1.807, 2.05) is 44.2 Å². The molecule has 0 atom stereocenters. The quantitative estimate of drug-likeness (QED) is 0.767. The van der Waals surface area contributed by atoms with Crippen LogP contribution in [0.15, 0.2) is 30.3 Å². The van der Waals surface area contributed by atoms with Crippen LogP contribution in [0.4, 0.5) is 0 Å². The van der Waals surface area contributed by atoms with E-state index in [-0.39, 0.29) is 31.1 Å². The second-order valence-electron chi connectivity index (χ2n) is 4.40. The minimum atomic E-state index is -0.288. The van der Waals surface area contributed by atoms with Gasteiger partial charge < -0.3 is 15.4 Å². The van der Waals surface area contributed by atoms with Gasteiger partial charge in [-0.2, -0.15) is 0 Å². The van der Waals surface area contributed by atoms with Gasteiger partial charge in [-0.05, 0) is 19.4 Å². The summed E-state index contributed by atoms with van der Waals surface area (Å²) in [7, 11) is 0. The Bertz CT molecular complexity index is 404. The number of carbonyl (C=O) groups is 2. The standard InChI is InChI=1S/C14H20N2O3/c1-11(2)19-10-14(18)16-9-13(17)15-8-12-6-4-3-5-7-12/h3-7,11H,8-10H2,1-2H3,(H,15,17)(H,16,18). The molecule has 0 bridgehead atoms. The average Bonchev–Trinajstić information content (AvgIpc) is 2.41. The summed E-state index contributed by atoms with van der Waals surface area (Å²) in [4.78, 5) is 22.8. The summed E-state index contributed by atoms with van der Waals surface area (Å²) in [5, 5.41) is 5.22. The van der Waals surface area contributed by atoms with Gasteiger partial charge in [0.15, 0.2) is 0 Å². The zero-order chi connectivity index (χ0) is 14.1. The van der Waals surface area contributed by atoms with Gasteiger partial charge in [-0.3, -0.25) is 9.59 Å². The van der Waals surface area contributed by atoms with Gasteiger partial charge in [0.2, 0.25) is 11.8 Å². The molecule has 5 heteroatoms. The van der Waals surface area contributed by atoms with Crippen LogP contribution in [0.3, 0.4) is 0 Å². The molecule has 1 rings (SSSR count). The number of hydrogen-bond donors (Lipinski definition) is 2. The highest BCUT2D eigenvalue weighted by Crippen LogP contribution is 1.96. The molecule has 5 nitrogen and oxygen atoms in total. The Morgan fingerprint density at radius 3 is 2.42 bits per heavy atom. The predicted molar refractivity (Wildman–Crippen MR) is 72.4 cm³/mol. The number of ether oxygens (including phenoxy) is 1. The van der Waals surface area contributed by atoms with E-state index in [0.717, 1.165) is 5.56 Å². The summed E-state index contributed by atoms with van der Waals surface area (Å²) < 4.78 is 5.12. The molecule has 0 saturated heterocycles. The lowest BCUT2D eigenvalue weighted by atomic mass is 10.2. The minimum absolute atomic E-state index is 0.00217. The number of nitrogens with one attached hydrogen (secondary N) is 2. The van der Waals surface area contributed by atoms with Crippen molar-refractivity contribution in [2.24, 2.45) is 0 Å². The van der Waals surface area contributed by atoms with Crippen molar-refractivity contribution in [2.75, 3.05) is 13.2 Å². The van der Waals surface area contributed by atoms with Crippen molar-refractivity contribution in [1.29, 1.82) is 0 Å². The topological polar surface area (TPSA) is 67.4 Å². The van der Waals surface area contributed by atoms with E-state index in [1.165, 1.54) is 0 Å². The molecule has 0 aliphatic rings. The second-order valence-corrected chi connectivity index (χ2v) is 4.40. The van der Waals surface area contributed by atoms with Crippen molar-refractivity contribution in [3.63, 3.8) is 0 Å². The molecule has 0 unspecified atom stereocenters. The molecule has 0 aliphatic heterocycles. The fourth-order valence-corrected chi connectivity index (χ4v) is 1.33. The molecular weight excluding hydrogens is 244 g/mol. The van der Waals surface area contributed by atoms with Gasteiger partial charge in [0.25, 0.3) is 0 Å². The SMILES string of the molecule is CC(C)OCC(=O)NCC(=O)NCc1ccccc1. The molecule has 0 aromatic heterocycles. The Hall–Kier alpha value is -1.88. The predicted octanol–water partition coefficient (Wildman–Crippen LogP) is 0.844. The van der Waals surface area contributed by atoms with Crippen molar-refractivity contribution in [2.45, 2.75) is 26.5 Å². The highest BCUT2D eigenvalue weighted by Gasteiger charge is 2.06. The first kappa shape index (κ1) is 15.2. The van der Waals surface area contributed by atoms with Gasteiger partial charge in [-0.25, -0.2) is 0 Å². The van der Waals surface area contributed by atoms with Crippen LogP contribution in [0.25, 0.3) is 0 Å². The Kier molecular flexibility index (Phi) is 6.60. The van der Waals surface area contributed by atoms with Crippen LogP contribution in [0.5, 0.6) is 0 Å². The van der Waals surface area contributed by atoms with Crippen molar-refractivity contribution in [3.05, 3.63) is 35.9 Å². The molecule has 2 amide bonds. The third kappa shape index (κ3) is 7.21. The molecule has 104 valence electrons. The van der Waals surface area contributed by atoms with E-state index in [9.17, 15) is 9.59 Å². The van der Waals surface area contributed by atoms with Crippen molar-refractivity contribution < 1.29 is 14.3 Å². The Morgan fingerprint density at radius 2 is 1.79 bits per heavy atom. The lowest BCUT2D eigenvalue weighted by Crippen LogP contribution is -2.38. The number of hydrogen-bond acceptors (Lipinski definition) is 3. The highest BCUT2D eigenvalue weighted by atomic mass is 16.5. The fraction of sp³-hybridized carbons (Fsp3) is 0.429. The van der Waals surface area contributed by atoms with E-state index in [0.29, 0.717) is 6.54 Å². The van der Waals surface area contributed by atoms with Crippen molar-refractivity contribution in [1.82, 2.24) is 10.6 Å². The van der Waals surface area contributed by atoms with Crippen LogP contribution in [0, 0.1) is 0 Å². The average molecular weight is 264 g/mol. The maximum absolute atomic E-state index is 11.5. The molecule has 0 heterocycles. The summed E-state index contributed by atoms with van der Waals surface area (Å²) in [5.74, 6) is -0.509. The smallest absolute Gasteiger partial charge is 0.246 e. The van der Waals surface area contributed by atoms with E-state index in [1.54, 1.807) is 0 Å². The van der Waals surface area contributed by atoms with E-state index in [4.69, 9.17) is 4.74 Å². The molecular formula is C14H20N2O3. The van der Waals surface area contributed by atoms with E-state index in [2.05, 4.69) is 10.6 Å². The van der Waals surface area contributed by atoms with Crippen LogP contribution < -0.4 is 10.6 Å². The zero-order valence-electron chi connectivity index (χ0n) is 11.3. The van der Waals surface area contributed by atoms with Gasteiger partial charge in [0.05, 0.1) is 12.6 Å². The highest BCUT2D eigenvalue weighted by molar-refractivity contribution is 5.85. The van der Waals surface area contributed by atoms with Gasteiger partial charge in [0.1, 0.15) is 6.61 Å². The lowest BCUT2D eigenvalue weighted by Gasteiger charge is -2.09. The van der Waals surface area contributed by atoms with Gasteiger partial charge in [-0.1, -0.05) is 30.3 Å². The third-order valence-corrected chi connectivity index (χ3v) is 2.33. The molecule has 0 spiro atoms. The lowest BCUT2D eigenvalue weighted by molar-refractivity contribution is -0.130. The number of amides is 2. The molecule has 0 radical (unpaired) electrons. The van der Waals surface area contributed by atoms with Crippen LogP contribution >= 0.6 is 0 Å². The van der Waals surface area contributed by atoms with Gasteiger partial charge in [-0.15, -0.1) is 0 Å².